The molecule has 1 heterocycles. The van der Waals surface area contributed by atoms with Crippen LogP contribution in [0.25, 0.3) is 5.57 Å². The molecule has 2 unspecified atom stereocenters. The van der Waals surface area contributed by atoms with Crippen molar-refractivity contribution in [1.29, 1.82) is 5.26 Å². The van der Waals surface area contributed by atoms with Crippen molar-refractivity contribution < 1.29 is 17.5 Å². The second-order valence-corrected chi connectivity index (χ2v) is 11.4. The van der Waals surface area contributed by atoms with E-state index in [1.807, 2.05) is 45.0 Å². The molecule has 0 N–H and O–H groups in total. The summed E-state index contributed by atoms with van der Waals surface area (Å²) in [5.74, 6) is -0.130. The van der Waals surface area contributed by atoms with Crippen LogP contribution in [0.1, 0.15) is 44.2 Å². The third-order valence-corrected chi connectivity index (χ3v) is 9.17. The Bertz CT molecular complexity index is 1190. The summed E-state index contributed by atoms with van der Waals surface area (Å²) in [5, 5.41) is 15.7. The van der Waals surface area contributed by atoms with Crippen molar-refractivity contribution in [3.05, 3.63) is 52.4 Å². The largest absolute Gasteiger partial charge is 0.329 e. The van der Waals surface area contributed by atoms with E-state index in [2.05, 4.69) is 11.2 Å². The third kappa shape index (κ3) is 3.54. The molecule has 4 rings (SSSR count). The smallest absolute Gasteiger partial charge is 0.299 e. The number of thioether (sulfide) groups is 1. The first-order valence-corrected chi connectivity index (χ1v) is 12.6. The lowest BCUT2D eigenvalue weighted by Gasteiger charge is -2.35. The van der Waals surface area contributed by atoms with E-state index in [4.69, 9.17) is 4.28 Å². The molecule has 0 spiro atoms. The van der Waals surface area contributed by atoms with Crippen LogP contribution in [0.2, 0.25) is 0 Å². The molecule has 1 aliphatic heterocycles. The minimum atomic E-state index is -4.08. The van der Waals surface area contributed by atoms with Gasteiger partial charge in [-0.2, -0.15) is 13.7 Å². The minimum absolute atomic E-state index is 0.0115. The molecule has 1 aromatic carbocycles. The molecular formula is C23H24N2O4S2. The number of nitrogens with zero attached hydrogens (tertiary/aromatic N) is 2. The van der Waals surface area contributed by atoms with Crippen LogP contribution in [-0.4, -0.2) is 25.0 Å². The molecule has 0 amide bonds. The van der Waals surface area contributed by atoms with E-state index in [9.17, 15) is 18.5 Å². The number of nitriles is 1. The highest BCUT2D eigenvalue weighted by atomic mass is 32.2. The number of rotatable bonds is 5. The Balaban J connectivity index is 1.62. The van der Waals surface area contributed by atoms with E-state index >= 15 is 0 Å². The van der Waals surface area contributed by atoms with Gasteiger partial charge in [0.25, 0.3) is 0 Å². The maximum atomic E-state index is 12.8. The van der Waals surface area contributed by atoms with E-state index < -0.39 is 15.5 Å². The Hall–Kier alpha value is -2.37. The van der Waals surface area contributed by atoms with Crippen molar-refractivity contribution in [2.75, 3.05) is 5.75 Å². The highest BCUT2D eigenvalue weighted by Crippen LogP contribution is 2.64. The summed E-state index contributed by atoms with van der Waals surface area (Å²) in [5.41, 5.74) is 1.34. The maximum Gasteiger partial charge on any atom is 0.329 e. The average Bonchev–Trinajstić information content (AvgIpc) is 3.31. The molecule has 0 aromatic heterocycles. The highest BCUT2D eigenvalue weighted by molar-refractivity contribution is 8.17. The van der Waals surface area contributed by atoms with Gasteiger partial charge in [-0.1, -0.05) is 55.0 Å². The van der Waals surface area contributed by atoms with Crippen LogP contribution < -0.4 is 0 Å². The zero-order chi connectivity index (χ0) is 22.4. The van der Waals surface area contributed by atoms with Gasteiger partial charge in [0.15, 0.2) is 0 Å². The summed E-state index contributed by atoms with van der Waals surface area (Å²) in [7, 11) is -4.08. The number of ketones is 1. The predicted octanol–water partition coefficient (Wildman–Crippen LogP) is 4.59. The fourth-order valence-corrected chi connectivity index (χ4v) is 7.49. The number of aryl methyl sites for hydroxylation is 1. The van der Waals surface area contributed by atoms with Crippen molar-refractivity contribution in [1.82, 2.24) is 0 Å². The van der Waals surface area contributed by atoms with Gasteiger partial charge in [0.05, 0.1) is 11.0 Å². The lowest BCUT2D eigenvalue weighted by Crippen LogP contribution is -2.42. The van der Waals surface area contributed by atoms with Gasteiger partial charge in [-0.25, -0.2) is 0 Å². The first-order chi connectivity index (χ1) is 14.6. The van der Waals surface area contributed by atoms with Gasteiger partial charge >= 0.3 is 10.1 Å². The Morgan fingerprint density at radius 3 is 2.71 bits per heavy atom. The quantitative estimate of drug-likeness (QED) is 0.475. The van der Waals surface area contributed by atoms with Crippen molar-refractivity contribution in [3.63, 3.8) is 0 Å². The van der Waals surface area contributed by atoms with Gasteiger partial charge < -0.3 is 0 Å². The first kappa shape index (κ1) is 21.8. The average molecular weight is 457 g/mol. The highest BCUT2D eigenvalue weighted by Gasteiger charge is 2.65. The molecule has 0 saturated heterocycles. The molecule has 6 nitrogen and oxygen atoms in total. The zero-order valence-corrected chi connectivity index (χ0v) is 19.3. The number of benzene rings is 1. The molecule has 162 valence electrons. The van der Waals surface area contributed by atoms with Crippen LogP contribution in [0.3, 0.4) is 0 Å². The van der Waals surface area contributed by atoms with Gasteiger partial charge in [0, 0.05) is 12.0 Å². The van der Waals surface area contributed by atoms with Gasteiger partial charge in [-0.3, -0.25) is 9.08 Å². The van der Waals surface area contributed by atoms with Crippen LogP contribution in [0.4, 0.5) is 0 Å². The number of carbonyl (C=O) groups excluding carboxylic acids is 1. The lowest BCUT2D eigenvalue weighted by molar-refractivity contribution is -0.128. The van der Waals surface area contributed by atoms with Gasteiger partial charge in [-0.15, -0.1) is 0 Å². The van der Waals surface area contributed by atoms with Crippen LogP contribution in [0, 0.1) is 35.0 Å². The SMILES string of the molecule is Cc1ccccc1/C(C#N)=C1/C=CSC1=NOS(=O)(=O)CC12CCC(CC1=O)C2(C)C. The van der Waals surface area contributed by atoms with E-state index in [0.717, 1.165) is 17.5 Å². The van der Waals surface area contributed by atoms with Crippen molar-refractivity contribution in [2.24, 2.45) is 21.9 Å². The Morgan fingerprint density at radius 1 is 1.35 bits per heavy atom. The molecule has 2 atom stereocenters. The van der Waals surface area contributed by atoms with Crippen LogP contribution in [-0.2, 0) is 19.2 Å². The van der Waals surface area contributed by atoms with E-state index in [-0.39, 0.29) is 22.9 Å². The minimum Gasteiger partial charge on any atom is -0.299 e. The van der Waals surface area contributed by atoms with Gasteiger partial charge in [-0.05, 0) is 53.7 Å². The number of allylic oxidation sites excluding steroid dienone is 2. The molecule has 3 aliphatic rings. The van der Waals surface area contributed by atoms with E-state index in [1.165, 1.54) is 11.8 Å². The topological polar surface area (TPSA) is 96.6 Å². The molecule has 1 aromatic rings. The summed E-state index contributed by atoms with van der Waals surface area (Å²) in [6, 6.07) is 9.70. The molecule has 2 saturated carbocycles. The number of hydrogen-bond donors (Lipinski definition) is 0. The summed E-state index contributed by atoms with van der Waals surface area (Å²) in [6.07, 6.45) is 3.59. The molecule has 8 heteroatoms. The molecule has 2 fully saturated rings. The number of carbonyl (C=O) groups is 1. The zero-order valence-electron chi connectivity index (χ0n) is 17.7. The maximum absolute atomic E-state index is 12.8. The Kier molecular flexibility index (Phi) is 5.39. The normalized spacial score (nSPS) is 29.4. The predicted molar refractivity (Wildman–Crippen MR) is 121 cm³/mol. The van der Waals surface area contributed by atoms with E-state index in [0.29, 0.717) is 29.0 Å². The first-order valence-electron chi connectivity index (χ1n) is 10.2. The van der Waals surface area contributed by atoms with Crippen molar-refractivity contribution in [3.8, 4) is 6.07 Å². The summed E-state index contributed by atoms with van der Waals surface area (Å²) >= 11 is 1.20. The number of hydrogen-bond acceptors (Lipinski definition) is 7. The monoisotopic (exact) mass is 456 g/mol. The third-order valence-electron chi connectivity index (χ3n) is 7.24. The van der Waals surface area contributed by atoms with Gasteiger partial charge in [0.1, 0.15) is 22.6 Å². The van der Waals surface area contributed by atoms with E-state index in [1.54, 1.807) is 11.5 Å². The van der Waals surface area contributed by atoms with Crippen molar-refractivity contribution in [2.45, 2.75) is 40.0 Å². The fourth-order valence-electron chi connectivity index (χ4n) is 5.21. The lowest BCUT2D eigenvalue weighted by atomic mass is 9.70. The molecule has 2 bridgehead atoms. The number of oxime groups is 1. The van der Waals surface area contributed by atoms with Crippen LogP contribution >= 0.6 is 11.8 Å². The molecule has 2 aliphatic carbocycles. The van der Waals surface area contributed by atoms with Gasteiger partial charge in [0.2, 0.25) is 0 Å². The molecule has 0 radical (unpaired) electrons. The summed E-state index contributed by atoms with van der Waals surface area (Å²) in [6.45, 7) is 5.87. The summed E-state index contributed by atoms with van der Waals surface area (Å²) < 4.78 is 30.7. The Morgan fingerprint density at radius 2 is 2.10 bits per heavy atom. The Labute approximate surface area is 187 Å². The second-order valence-electron chi connectivity index (χ2n) is 8.98. The van der Waals surface area contributed by atoms with Crippen LogP contribution in [0.15, 0.2) is 46.5 Å². The number of Topliss-reactive ketones (excluding diaryl/α,β-unsaturated/α-hetero) is 1. The second kappa shape index (κ2) is 7.64. The number of fused-ring (bicyclic) bond motifs is 2. The molecular weight excluding hydrogens is 432 g/mol. The molecule has 31 heavy (non-hydrogen) atoms. The summed E-state index contributed by atoms with van der Waals surface area (Å²) in [4.78, 5) is 12.7. The van der Waals surface area contributed by atoms with Crippen molar-refractivity contribution >= 4 is 38.3 Å². The fraction of sp³-hybridized carbons (Fsp3) is 0.435. The standard InChI is InChI=1S/C23H24N2O4S2/c1-15-6-4-5-7-17(15)19(13-24)18-9-11-30-21(18)25-29-31(27,28)14-23-10-8-16(12-20(23)26)22(23,2)3/h4-7,9,11,16H,8,10,12,14H2,1-3H3/b19-18-,25-21?. The van der Waals surface area contributed by atoms with Crippen LogP contribution in [0.5, 0.6) is 0 Å².